The first kappa shape index (κ1) is 16.7. The van der Waals surface area contributed by atoms with Crippen molar-refractivity contribution >= 4 is 22.5 Å². The molecule has 1 heterocycles. The number of phenols is 1. The standard InChI is InChI=1S/C19H21ClN2O2/c1-2-24-18-9-12(8-16(20)19(18)23)7-13(10-21)15-11-22-17-6-4-3-5-14(15)17/h3-6,8-9,11,13,22-23H,2,7,10,21H2,1H3. The van der Waals surface area contributed by atoms with Crippen LogP contribution in [0, 0.1) is 0 Å². The molecule has 1 unspecified atom stereocenters. The van der Waals surface area contributed by atoms with E-state index in [1.807, 2.05) is 31.3 Å². The van der Waals surface area contributed by atoms with Gasteiger partial charge in [-0.05, 0) is 49.2 Å². The summed E-state index contributed by atoms with van der Waals surface area (Å²) in [6.45, 7) is 2.86. The number of para-hydroxylation sites is 1. The number of fused-ring (bicyclic) bond motifs is 1. The van der Waals surface area contributed by atoms with Crippen LogP contribution in [0.3, 0.4) is 0 Å². The molecule has 126 valence electrons. The lowest BCUT2D eigenvalue weighted by Gasteiger charge is -2.16. The third kappa shape index (κ3) is 3.21. The maximum absolute atomic E-state index is 9.98. The first-order chi connectivity index (χ1) is 11.6. The molecule has 0 saturated carbocycles. The Labute approximate surface area is 146 Å². The van der Waals surface area contributed by atoms with Crippen molar-refractivity contribution in [1.82, 2.24) is 4.98 Å². The molecule has 1 atom stereocenters. The van der Waals surface area contributed by atoms with Crippen LogP contribution in [0.1, 0.15) is 24.0 Å². The number of nitrogens with two attached hydrogens (primary N) is 1. The second kappa shape index (κ2) is 7.16. The molecule has 0 saturated heterocycles. The molecule has 0 bridgehead atoms. The molecular weight excluding hydrogens is 324 g/mol. The van der Waals surface area contributed by atoms with Gasteiger partial charge in [0.05, 0.1) is 11.6 Å². The number of H-pyrrole nitrogens is 1. The Balaban J connectivity index is 1.93. The molecule has 0 fully saturated rings. The van der Waals surface area contributed by atoms with E-state index >= 15 is 0 Å². The highest BCUT2D eigenvalue weighted by Crippen LogP contribution is 2.37. The molecule has 4 nitrogen and oxygen atoms in total. The van der Waals surface area contributed by atoms with Crippen molar-refractivity contribution in [3.63, 3.8) is 0 Å². The van der Waals surface area contributed by atoms with Gasteiger partial charge in [0.15, 0.2) is 11.5 Å². The van der Waals surface area contributed by atoms with Crippen molar-refractivity contribution < 1.29 is 9.84 Å². The van der Waals surface area contributed by atoms with Crippen molar-refractivity contribution in [3.05, 3.63) is 58.7 Å². The summed E-state index contributed by atoms with van der Waals surface area (Å²) in [4.78, 5) is 3.29. The summed E-state index contributed by atoms with van der Waals surface area (Å²) in [5, 5.41) is 11.5. The van der Waals surface area contributed by atoms with Crippen molar-refractivity contribution in [2.24, 2.45) is 5.73 Å². The summed E-state index contributed by atoms with van der Waals surface area (Å²) in [6, 6.07) is 11.8. The number of aromatic amines is 1. The van der Waals surface area contributed by atoms with Gasteiger partial charge in [-0.3, -0.25) is 0 Å². The van der Waals surface area contributed by atoms with Gasteiger partial charge in [-0.2, -0.15) is 0 Å². The van der Waals surface area contributed by atoms with Crippen LogP contribution in [0.5, 0.6) is 11.5 Å². The van der Waals surface area contributed by atoms with Crippen LogP contribution in [0.15, 0.2) is 42.6 Å². The number of aromatic nitrogens is 1. The third-order valence-corrected chi connectivity index (χ3v) is 4.50. The molecule has 4 N–H and O–H groups in total. The number of rotatable bonds is 6. The van der Waals surface area contributed by atoms with Crippen LogP contribution in [0.2, 0.25) is 5.02 Å². The van der Waals surface area contributed by atoms with Gasteiger partial charge in [-0.1, -0.05) is 29.8 Å². The monoisotopic (exact) mass is 344 g/mol. The van der Waals surface area contributed by atoms with Crippen molar-refractivity contribution in [2.45, 2.75) is 19.3 Å². The molecule has 24 heavy (non-hydrogen) atoms. The summed E-state index contributed by atoms with van der Waals surface area (Å²) in [6.07, 6.45) is 2.74. The number of hydrogen-bond donors (Lipinski definition) is 3. The number of aromatic hydroxyl groups is 1. The zero-order valence-electron chi connectivity index (χ0n) is 13.6. The highest BCUT2D eigenvalue weighted by Gasteiger charge is 2.17. The van der Waals surface area contributed by atoms with Crippen LogP contribution in [-0.4, -0.2) is 23.2 Å². The lowest BCUT2D eigenvalue weighted by Crippen LogP contribution is -2.15. The van der Waals surface area contributed by atoms with E-state index < -0.39 is 0 Å². The number of halogens is 1. The second-order valence-electron chi connectivity index (χ2n) is 5.78. The number of benzene rings is 2. The quantitative estimate of drug-likeness (QED) is 0.627. The first-order valence-corrected chi connectivity index (χ1v) is 8.42. The van der Waals surface area contributed by atoms with E-state index in [-0.39, 0.29) is 11.7 Å². The fraction of sp³-hybridized carbons (Fsp3) is 0.263. The number of phenolic OH excluding ortho intramolecular Hbond substituents is 1. The molecule has 3 aromatic rings. The molecule has 0 amide bonds. The van der Waals surface area contributed by atoms with Crippen LogP contribution in [0.4, 0.5) is 0 Å². The minimum Gasteiger partial charge on any atom is -0.503 e. The Morgan fingerprint density at radius 1 is 1.29 bits per heavy atom. The zero-order valence-corrected chi connectivity index (χ0v) is 14.3. The smallest absolute Gasteiger partial charge is 0.176 e. The molecule has 0 aliphatic rings. The van der Waals surface area contributed by atoms with Gasteiger partial charge in [-0.15, -0.1) is 0 Å². The topological polar surface area (TPSA) is 71.3 Å². The Morgan fingerprint density at radius 3 is 2.83 bits per heavy atom. The minimum atomic E-state index is -0.0151. The summed E-state index contributed by atoms with van der Waals surface area (Å²) in [7, 11) is 0. The fourth-order valence-corrected chi connectivity index (χ4v) is 3.28. The lowest BCUT2D eigenvalue weighted by atomic mass is 9.91. The van der Waals surface area contributed by atoms with Crippen LogP contribution in [0.25, 0.3) is 10.9 Å². The minimum absolute atomic E-state index is 0.0151. The Morgan fingerprint density at radius 2 is 2.08 bits per heavy atom. The maximum atomic E-state index is 9.98. The normalized spacial score (nSPS) is 12.5. The van der Waals surface area contributed by atoms with E-state index in [4.69, 9.17) is 22.1 Å². The van der Waals surface area contributed by atoms with Gasteiger partial charge >= 0.3 is 0 Å². The van der Waals surface area contributed by atoms with E-state index in [1.165, 1.54) is 10.9 Å². The molecule has 5 heteroatoms. The lowest BCUT2D eigenvalue weighted by molar-refractivity contribution is 0.318. The molecular formula is C19H21ClN2O2. The van der Waals surface area contributed by atoms with Gasteiger partial charge < -0.3 is 20.6 Å². The van der Waals surface area contributed by atoms with Gasteiger partial charge in [0.25, 0.3) is 0 Å². The van der Waals surface area contributed by atoms with E-state index in [9.17, 15) is 5.11 Å². The van der Waals surface area contributed by atoms with Gasteiger partial charge in [0, 0.05) is 23.0 Å². The summed E-state index contributed by atoms with van der Waals surface area (Å²) >= 11 is 6.13. The van der Waals surface area contributed by atoms with E-state index in [0.29, 0.717) is 23.9 Å². The predicted molar refractivity (Wildman–Crippen MR) is 98.1 cm³/mol. The van der Waals surface area contributed by atoms with Crippen LogP contribution >= 0.6 is 11.6 Å². The maximum Gasteiger partial charge on any atom is 0.176 e. The van der Waals surface area contributed by atoms with E-state index in [0.717, 1.165) is 17.5 Å². The molecule has 1 aromatic heterocycles. The van der Waals surface area contributed by atoms with Gasteiger partial charge in [0.2, 0.25) is 0 Å². The SMILES string of the molecule is CCOc1cc(CC(CN)c2c[nH]c3ccccc23)cc(Cl)c1O. The molecule has 2 aromatic carbocycles. The number of nitrogens with one attached hydrogen (secondary N) is 1. The molecule has 0 radical (unpaired) electrons. The summed E-state index contributed by atoms with van der Waals surface area (Å²) in [5.41, 5.74) is 9.32. The highest BCUT2D eigenvalue weighted by atomic mass is 35.5. The Kier molecular flexibility index (Phi) is 4.97. The third-order valence-electron chi connectivity index (χ3n) is 4.22. The van der Waals surface area contributed by atoms with Crippen LogP contribution in [-0.2, 0) is 6.42 Å². The summed E-state index contributed by atoms with van der Waals surface area (Å²) < 4.78 is 5.46. The van der Waals surface area contributed by atoms with Crippen LogP contribution < -0.4 is 10.5 Å². The van der Waals surface area contributed by atoms with Gasteiger partial charge in [-0.25, -0.2) is 0 Å². The number of ether oxygens (including phenoxy) is 1. The highest BCUT2D eigenvalue weighted by molar-refractivity contribution is 6.32. The van der Waals surface area contributed by atoms with E-state index in [1.54, 1.807) is 6.07 Å². The van der Waals surface area contributed by atoms with Crippen molar-refractivity contribution in [3.8, 4) is 11.5 Å². The fourth-order valence-electron chi connectivity index (χ4n) is 3.05. The number of hydrogen-bond acceptors (Lipinski definition) is 3. The Hall–Kier alpha value is -2.17. The zero-order chi connectivity index (χ0) is 17.1. The summed E-state index contributed by atoms with van der Waals surface area (Å²) in [5.74, 6) is 0.546. The first-order valence-electron chi connectivity index (χ1n) is 8.04. The molecule has 0 spiro atoms. The largest absolute Gasteiger partial charge is 0.503 e. The Bertz CT molecular complexity index is 844. The molecule has 0 aliphatic heterocycles. The molecule has 3 rings (SSSR count). The predicted octanol–water partition coefficient (Wildman–Crippen LogP) is 4.21. The average Bonchev–Trinajstić information content (AvgIpc) is 3.01. The average molecular weight is 345 g/mol. The second-order valence-corrected chi connectivity index (χ2v) is 6.19. The van der Waals surface area contributed by atoms with Crippen molar-refractivity contribution in [1.29, 1.82) is 0 Å². The van der Waals surface area contributed by atoms with Crippen molar-refractivity contribution in [2.75, 3.05) is 13.2 Å². The molecule has 0 aliphatic carbocycles. The van der Waals surface area contributed by atoms with Gasteiger partial charge in [0.1, 0.15) is 0 Å². The van der Waals surface area contributed by atoms with E-state index in [2.05, 4.69) is 17.1 Å².